The van der Waals surface area contributed by atoms with Gasteiger partial charge in [-0.25, -0.2) is 0 Å². The van der Waals surface area contributed by atoms with Crippen LogP contribution in [0.5, 0.6) is 0 Å². The molecule has 0 aliphatic heterocycles. The number of benzene rings is 10. The van der Waals surface area contributed by atoms with Crippen molar-refractivity contribution in [2.24, 2.45) is 0 Å². The maximum Gasteiger partial charge on any atom is 0.0159 e. The Morgan fingerprint density at radius 1 is 0.200 bits per heavy atom. The Kier molecular flexibility index (Phi) is 10.6. The van der Waals surface area contributed by atoms with E-state index < -0.39 is 0 Å². The van der Waals surface area contributed by atoms with Crippen LogP contribution in [-0.4, -0.2) is 0 Å². The minimum Gasteiger partial charge on any atom is -0.0619 e. The summed E-state index contributed by atoms with van der Waals surface area (Å²) in [5.41, 5.74) is 36.6. The topological polar surface area (TPSA) is 0 Å². The van der Waals surface area contributed by atoms with Crippen LogP contribution in [0, 0.1) is 0 Å². The fraction of sp³-hybridized carbons (Fsp3) is 0.250. The predicted octanol–water partition coefficient (Wildman–Crippen LogP) is 21.8. The summed E-state index contributed by atoms with van der Waals surface area (Å²) < 4.78 is 0. The average molecular weight is 1040 g/mol. The molecule has 0 heterocycles. The zero-order valence-electron chi connectivity index (χ0n) is 49.5. The average Bonchev–Trinajstić information content (AvgIpc) is 4.16. The molecule has 0 unspecified atom stereocenters. The molecule has 10 aromatic carbocycles. The first-order valence-corrected chi connectivity index (χ1v) is 29.3. The number of hydrogen-bond donors (Lipinski definition) is 0. The van der Waals surface area contributed by atoms with Gasteiger partial charge in [-0.3, -0.25) is 0 Å². The Labute approximate surface area is 476 Å². The lowest BCUT2D eigenvalue weighted by Crippen LogP contribution is -2.17. The van der Waals surface area contributed by atoms with Gasteiger partial charge in [0.25, 0.3) is 0 Å². The van der Waals surface area contributed by atoms with Crippen LogP contribution in [0.2, 0.25) is 0 Å². The highest BCUT2D eigenvalue weighted by atomic mass is 14.4. The molecular formula is C80H74. The SMILES string of the molecule is CC(C)(C)c1ccc2c(c1)C(C)(C)c1cc(-c3cc(-c4cc(-c5ccc6c(c5)C(C)(C)c5ccccc5-6)cc(-c5ccc6c(c5)C(C)(C)c5cc(C(C)(C)C)ccc5-6)c4)cc(-c4ccc5c(c4)C(C)(C)c4ccccc4-5)c3)ccc1-2. The summed E-state index contributed by atoms with van der Waals surface area (Å²) in [5.74, 6) is 0. The van der Waals surface area contributed by atoms with Gasteiger partial charge in [0.05, 0.1) is 0 Å². The monoisotopic (exact) mass is 1030 g/mol. The van der Waals surface area contributed by atoms with E-state index in [0.717, 1.165) is 0 Å². The Morgan fingerprint density at radius 2 is 0.412 bits per heavy atom. The van der Waals surface area contributed by atoms with Gasteiger partial charge in [0.2, 0.25) is 0 Å². The fourth-order valence-electron chi connectivity index (χ4n) is 14.8. The summed E-state index contributed by atoms with van der Waals surface area (Å²) in [4.78, 5) is 0. The van der Waals surface area contributed by atoms with Crippen LogP contribution in [0.25, 0.3) is 100 Å². The lowest BCUT2D eigenvalue weighted by Gasteiger charge is -2.25. The zero-order valence-corrected chi connectivity index (χ0v) is 49.5. The van der Waals surface area contributed by atoms with E-state index in [2.05, 4.69) is 291 Å². The molecule has 0 atom stereocenters. The molecule has 0 heteroatoms. The van der Waals surface area contributed by atoms with Crippen LogP contribution < -0.4 is 0 Å². The molecule has 4 aliphatic carbocycles. The van der Waals surface area contributed by atoms with Crippen LogP contribution in [0.1, 0.15) is 153 Å². The molecular weight excluding hydrogens is 961 g/mol. The molecule has 0 fully saturated rings. The number of hydrogen-bond acceptors (Lipinski definition) is 0. The maximum atomic E-state index is 2.51. The lowest BCUT2D eigenvalue weighted by molar-refractivity contribution is 0.584. The van der Waals surface area contributed by atoms with Crippen molar-refractivity contribution >= 4 is 0 Å². The molecule has 80 heavy (non-hydrogen) atoms. The summed E-state index contributed by atoms with van der Waals surface area (Å²) in [6, 6.07) is 76.3. The van der Waals surface area contributed by atoms with E-state index in [-0.39, 0.29) is 32.5 Å². The summed E-state index contributed by atoms with van der Waals surface area (Å²) in [5, 5.41) is 0. The molecule has 0 amide bonds. The summed E-state index contributed by atoms with van der Waals surface area (Å²) >= 11 is 0. The van der Waals surface area contributed by atoms with Crippen molar-refractivity contribution in [1.82, 2.24) is 0 Å². The first-order valence-electron chi connectivity index (χ1n) is 29.3. The van der Waals surface area contributed by atoms with Crippen molar-refractivity contribution < 1.29 is 0 Å². The molecule has 0 spiro atoms. The van der Waals surface area contributed by atoms with E-state index in [1.54, 1.807) is 0 Å². The van der Waals surface area contributed by atoms with Gasteiger partial charge in [0.15, 0.2) is 0 Å². The molecule has 0 bridgehead atoms. The molecule has 0 aromatic heterocycles. The minimum atomic E-state index is -0.154. The first kappa shape index (κ1) is 50.4. The Morgan fingerprint density at radius 3 is 0.688 bits per heavy atom. The van der Waals surface area contributed by atoms with Crippen molar-refractivity contribution in [1.29, 1.82) is 0 Å². The second-order valence-electron chi connectivity index (χ2n) is 28.3. The number of rotatable bonds is 5. The summed E-state index contributed by atoms with van der Waals surface area (Å²) in [6.07, 6.45) is 0. The highest BCUT2D eigenvalue weighted by molar-refractivity contribution is 5.92. The smallest absolute Gasteiger partial charge is 0.0159 e. The Balaban J connectivity index is 0.972. The molecule has 0 nitrogen and oxygen atoms in total. The molecule has 0 saturated carbocycles. The van der Waals surface area contributed by atoms with Gasteiger partial charge in [0, 0.05) is 21.7 Å². The standard InChI is InChI=1S/C80H74/c1-75(2,3)57-27-33-65-63-31-25-49(43-71(63)79(11,12)73(65)45-57)53-35-51(47-23-29-61-59-19-15-17-21-67(59)77(7,8)69(61)41-47)37-55(39-53)56-38-52(48-24-30-62-60-20-16-18-22-68(60)78(9,10)70(62)42-48)36-54(40-56)50-26-32-64-66-34-28-58(76(4,5)6)46-74(66)80(13,14)72(64)44-50/h15-46H,1-14H3. The normalized spacial score (nSPS) is 16.0. The van der Waals surface area contributed by atoms with Crippen molar-refractivity contribution in [2.45, 2.75) is 129 Å². The third kappa shape index (κ3) is 7.47. The van der Waals surface area contributed by atoms with Crippen LogP contribution in [0.4, 0.5) is 0 Å². The molecule has 10 aromatic rings. The second-order valence-corrected chi connectivity index (χ2v) is 28.3. The maximum absolute atomic E-state index is 2.51. The van der Waals surface area contributed by atoms with Crippen molar-refractivity contribution in [3.05, 3.63) is 250 Å². The summed E-state index contributed by atoms with van der Waals surface area (Å²) in [6.45, 7) is 33.2. The predicted molar refractivity (Wildman–Crippen MR) is 341 cm³/mol. The van der Waals surface area contributed by atoms with Gasteiger partial charge in [-0.05, 0) is 227 Å². The lowest BCUT2D eigenvalue weighted by atomic mass is 9.78. The van der Waals surface area contributed by atoms with Crippen LogP contribution in [-0.2, 0) is 32.5 Å². The van der Waals surface area contributed by atoms with E-state index in [0.29, 0.717) is 0 Å². The fourth-order valence-corrected chi connectivity index (χ4v) is 14.8. The third-order valence-corrected chi connectivity index (χ3v) is 19.8. The van der Waals surface area contributed by atoms with Gasteiger partial charge >= 0.3 is 0 Å². The van der Waals surface area contributed by atoms with Crippen molar-refractivity contribution in [3.8, 4) is 100 Å². The molecule has 14 rings (SSSR count). The zero-order chi connectivity index (χ0) is 55.8. The van der Waals surface area contributed by atoms with E-state index in [1.165, 1.54) is 156 Å². The van der Waals surface area contributed by atoms with Crippen molar-refractivity contribution in [3.63, 3.8) is 0 Å². The molecule has 4 aliphatic rings. The molecule has 394 valence electrons. The highest BCUT2D eigenvalue weighted by Gasteiger charge is 2.40. The van der Waals surface area contributed by atoms with Gasteiger partial charge in [-0.2, -0.15) is 0 Å². The van der Waals surface area contributed by atoms with Gasteiger partial charge in [-0.15, -0.1) is 0 Å². The van der Waals surface area contributed by atoms with E-state index >= 15 is 0 Å². The van der Waals surface area contributed by atoms with Gasteiger partial charge < -0.3 is 0 Å². The van der Waals surface area contributed by atoms with E-state index in [4.69, 9.17) is 0 Å². The molecule has 0 radical (unpaired) electrons. The third-order valence-electron chi connectivity index (χ3n) is 19.8. The highest BCUT2D eigenvalue weighted by Crippen LogP contribution is 2.55. The van der Waals surface area contributed by atoms with Crippen molar-refractivity contribution in [2.75, 3.05) is 0 Å². The molecule has 0 N–H and O–H groups in total. The quantitative estimate of drug-likeness (QED) is 0.161. The largest absolute Gasteiger partial charge is 0.0619 e. The first-order chi connectivity index (χ1) is 37.9. The molecule has 0 saturated heterocycles. The number of fused-ring (bicyclic) bond motifs is 12. The van der Waals surface area contributed by atoms with Gasteiger partial charge in [-0.1, -0.05) is 230 Å². The Bertz CT molecular complexity index is 4020. The second kappa shape index (κ2) is 16.9. The van der Waals surface area contributed by atoms with Crippen LogP contribution in [0.15, 0.2) is 194 Å². The van der Waals surface area contributed by atoms with Crippen LogP contribution >= 0.6 is 0 Å². The van der Waals surface area contributed by atoms with E-state index in [9.17, 15) is 0 Å². The minimum absolute atomic E-state index is 0.0665. The Hall–Kier alpha value is -7.80. The van der Waals surface area contributed by atoms with Crippen LogP contribution in [0.3, 0.4) is 0 Å². The van der Waals surface area contributed by atoms with E-state index in [1.807, 2.05) is 0 Å². The van der Waals surface area contributed by atoms with Gasteiger partial charge in [0.1, 0.15) is 0 Å². The summed E-state index contributed by atoms with van der Waals surface area (Å²) in [7, 11) is 0.